The van der Waals surface area contributed by atoms with Gasteiger partial charge in [0.2, 0.25) is 0 Å². The Hall–Kier alpha value is -0.770. The second kappa shape index (κ2) is 7.13. The van der Waals surface area contributed by atoms with Gasteiger partial charge in [0, 0.05) is 18.2 Å². The van der Waals surface area contributed by atoms with Gasteiger partial charge in [-0.25, -0.2) is 0 Å². The highest BCUT2D eigenvalue weighted by Gasteiger charge is 2.36. The molecule has 0 radical (unpaired) electrons. The summed E-state index contributed by atoms with van der Waals surface area (Å²) in [7, 11) is -3.43. The summed E-state index contributed by atoms with van der Waals surface area (Å²) in [6.07, 6.45) is 1.47. The van der Waals surface area contributed by atoms with E-state index in [2.05, 4.69) is 6.58 Å². The molecule has 5 nitrogen and oxygen atoms in total. The van der Waals surface area contributed by atoms with Crippen molar-refractivity contribution in [3.05, 3.63) is 11.9 Å². The Morgan fingerprint density at radius 1 is 1.21 bits per heavy atom. The lowest BCUT2D eigenvalue weighted by atomic mass is 9.84. The van der Waals surface area contributed by atoms with Gasteiger partial charge in [-0.3, -0.25) is 14.2 Å². The number of hydrogen-bond donors (Lipinski definition) is 0. The molecule has 1 rings (SSSR count). The van der Waals surface area contributed by atoms with Gasteiger partial charge in [0.15, 0.2) is 0 Å². The number of carbonyl (C=O) groups is 2. The standard InChI is InChI=1S/C13H21O5P/c1-4-17-19(16,18-5-2)10(3)9-11-12(14)7-6-8-13(11)15/h11H,3-9H2,1-2H3. The normalized spacial score (nSPS) is 17.8. The van der Waals surface area contributed by atoms with Crippen molar-refractivity contribution in [2.75, 3.05) is 13.2 Å². The highest BCUT2D eigenvalue weighted by molar-refractivity contribution is 7.58. The molecule has 0 amide bonds. The van der Waals surface area contributed by atoms with Crippen molar-refractivity contribution in [3.8, 4) is 0 Å². The Morgan fingerprint density at radius 2 is 1.68 bits per heavy atom. The summed E-state index contributed by atoms with van der Waals surface area (Å²) in [5, 5.41) is 0.213. The highest BCUT2D eigenvalue weighted by atomic mass is 31.2. The van der Waals surface area contributed by atoms with Crippen LogP contribution >= 0.6 is 7.60 Å². The molecule has 1 aliphatic carbocycles. The molecule has 0 aromatic heterocycles. The Bertz CT molecular complexity index is 389. The maximum Gasteiger partial charge on any atom is 0.356 e. The number of rotatable bonds is 7. The molecule has 0 N–H and O–H groups in total. The van der Waals surface area contributed by atoms with E-state index in [-0.39, 0.29) is 36.5 Å². The SMILES string of the molecule is C=C(CC1C(=O)CCCC1=O)P(=O)(OCC)OCC. The van der Waals surface area contributed by atoms with E-state index >= 15 is 0 Å². The van der Waals surface area contributed by atoms with E-state index in [4.69, 9.17) is 9.05 Å². The molecule has 0 aromatic rings. The Kier molecular flexibility index (Phi) is 6.11. The molecule has 0 aliphatic heterocycles. The molecule has 108 valence electrons. The van der Waals surface area contributed by atoms with Crippen LogP contribution in [-0.2, 0) is 23.2 Å². The Labute approximate surface area is 113 Å². The number of ketones is 2. The predicted octanol–water partition coefficient (Wildman–Crippen LogP) is 3.09. The van der Waals surface area contributed by atoms with E-state index < -0.39 is 13.5 Å². The first kappa shape index (κ1) is 16.3. The fourth-order valence-electron chi connectivity index (χ4n) is 2.10. The van der Waals surface area contributed by atoms with Crippen molar-refractivity contribution in [3.63, 3.8) is 0 Å². The minimum Gasteiger partial charge on any atom is -0.306 e. The molecule has 0 saturated heterocycles. The predicted molar refractivity (Wildman–Crippen MR) is 72.0 cm³/mol. The molecule has 0 spiro atoms. The minimum absolute atomic E-state index is 0.0644. The van der Waals surface area contributed by atoms with Gasteiger partial charge in [0.05, 0.1) is 19.1 Å². The minimum atomic E-state index is -3.43. The van der Waals surface area contributed by atoms with Crippen LogP contribution in [0.15, 0.2) is 11.9 Å². The van der Waals surface area contributed by atoms with E-state index in [0.717, 1.165) is 0 Å². The van der Waals surface area contributed by atoms with Crippen LogP contribution in [0, 0.1) is 5.92 Å². The number of allylic oxidation sites excluding steroid dienone is 1. The van der Waals surface area contributed by atoms with Gasteiger partial charge in [-0.05, 0) is 26.7 Å². The molecule has 6 heteroatoms. The second-order valence-electron chi connectivity index (χ2n) is 4.44. The summed E-state index contributed by atoms with van der Waals surface area (Å²) in [5.74, 6) is -0.926. The van der Waals surface area contributed by atoms with Crippen molar-refractivity contribution in [1.29, 1.82) is 0 Å². The lowest BCUT2D eigenvalue weighted by molar-refractivity contribution is -0.135. The average Bonchev–Trinajstić information content (AvgIpc) is 2.34. The Balaban J connectivity index is 2.78. The van der Waals surface area contributed by atoms with E-state index in [9.17, 15) is 14.2 Å². The molecule has 0 bridgehead atoms. The van der Waals surface area contributed by atoms with Gasteiger partial charge >= 0.3 is 7.60 Å². The number of hydrogen-bond acceptors (Lipinski definition) is 5. The summed E-state index contributed by atoms with van der Waals surface area (Å²) in [6.45, 7) is 7.57. The van der Waals surface area contributed by atoms with E-state index in [1.165, 1.54) is 0 Å². The molecule has 0 atom stereocenters. The summed E-state index contributed by atoms with van der Waals surface area (Å²) in [5.41, 5.74) is 0. The largest absolute Gasteiger partial charge is 0.356 e. The fourth-order valence-corrected chi connectivity index (χ4v) is 3.63. The van der Waals surface area contributed by atoms with Gasteiger partial charge in [-0.1, -0.05) is 6.58 Å². The molecule has 19 heavy (non-hydrogen) atoms. The first-order valence-electron chi connectivity index (χ1n) is 6.57. The lowest BCUT2D eigenvalue weighted by Gasteiger charge is -2.24. The second-order valence-corrected chi connectivity index (χ2v) is 6.59. The molecule has 0 aromatic carbocycles. The summed E-state index contributed by atoms with van der Waals surface area (Å²) >= 11 is 0. The molecule has 1 aliphatic rings. The van der Waals surface area contributed by atoms with Crippen molar-refractivity contribution in [2.24, 2.45) is 5.92 Å². The topological polar surface area (TPSA) is 69.7 Å². The average molecular weight is 288 g/mol. The molecule has 0 heterocycles. The van der Waals surface area contributed by atoms with Gasteiger partial charge in [-0.15, -0.1) is 0 Å². The molecular weight excluding hydrogens is 267 g/mol. The first-order chi connectivity index (χ1) is 8.94. The van der Waals surface area contributed by atoms with Gasteiger partial charge in [-0.2, -0.15) is 0 Å². The van der Waals surface area contributed by atoms with Crippen LogP contribution in [0.2, 0.25) is 0 Å². The smallest absolute Gasteiger partial charge is 0.306 e. The summed E-state index contributed by atoms with van der Waals surface area (Å²) in [4.78, 5) is 23.5. The third-order valence-corrected chi connectivity index (χ3v) is 5.20. The van der Waals surface area contributed by atoms with Crippen LogP contribution in [0.1, 0.15) is 39.5 Å². The number of carbonyl (C=O) groups excluding carboxylic acids is 2. The molecule has 1 saturated carbocycles. The third-order valence-electron chi connectivity index (χ3n) is 3.05. The number of Topliss-reactive ketones (excluding diaryl/α,β-unsaturated/α-hetero) is 2. The summed E-state index contributed by atoms with van der Waals surface area (Å²) in [6, 6.07) is 0. The zero-order valence-corrected chi connectivity index (χ0v) is 12.4. The molecule has 0 unspecified atom stereocenters. The van der Waals surface area contributed by atoms with Crippen LogP contribution in [0.3, 0.4) is 0 Å². The van der Waals surface area contributed by atoms with Gasteiger partial charge in [0.25, 0.3) is 0 Å². The van der Waals surface area contributed by atoms with Crippen LogP contribution in [0.25, 0.3) is 0 Å². The van der Waals surface area contributed by atoms with E-state index in [1.54, 1.807) is 13.8 Å². The van der Waals surface area contributed by atoms with Crippen LogP contribution in [0.5, 0.6) is 0 Å². The van der Waals surface area contributed by atoms with Crippen molar-refractivity contribution in [2.45, 2.75) is 39.5 Å². The first-order valence-corrected chi connectivity index (χ1v) is 8.11. The van der Waals surface area contributed by atoms with Crippen LogP contribution < -0.4 is 0 Å². The Morgan fingerprint density at radius 3 is 2.11 bits per heavy atom. The fraction of sp³-hybridized carbons (Fsp3) is 0.692. The quantitative estimate of drug-likeness (QED) is 0.532. The zero-order valence-electron chi connectivity index (χ0n) is 11.5. The maximum absolute atomic E-state index is 12.4. The monoisotopic (exact) mass is 288 g/mol. The van der Waals surface area contributed by atoms with E-state index in [1.807, 2.05) is 0 Å². The molecule has 1 fully saturated rings. The van der Waals surface area contributed by atoms with Gasteiger partial charge < -0.3 is 9.05 Å². The lowest BCUT2D eigenvalue weighted by Crippen LogP contribution is -2.28. The van der Waals surface area contributed by atoms with Gasteiger partial charge in [0.1, 0.15) is 11.6 Å². The van der Waals surface area contributed by atoms with Crippen LogP contribution in [-0.4, -0.2) is 24.8 Å². The maximum atomic E-state index is 12.4. The third kappa shape index (κ3) is 4.10. The van der Waals surface area contributed by atoms with Crippen LogP contribution in [0.4, 0.5) is 0 Å². The summed E-state index contributed by atoms with van der Waals surface area (Å²) < 4.78 is 22.7. The zero-order chi connectivity index (χ0) is 14.5. The van der Waals surface area contributed by atoms with E-state index in [0.29, 0.717) is 19.3 Å². The van der Waals surface area contributed by atoms with Crippen molar-refractivity contribution in [1.82, 2.24) is 0 Å². The highest BCUT2D eigenvalue weighted by Crippen LogP contribution is 2.57. The molecular formula is C13H21O5P. The van der Waals surface area contributed by atoms with Crippen molar-refractivity contribution >= 4 is 19.2 Å². The van der Waals surface area contributed by atoms with Crippen molar-refractivity contribution < 1.29 is 23.2 Å².